The third-order valence-electron chi connectivity index (χ3n) is 1.77. The van der Waals surface area contributed by atoms with Gasteiger partial charge in [0, 0.05) is 17.4 Å². The molecule has 0 fully saturated rings. The number of hydrogen-bond donors (Lipinski definition) is 1. The maximum absolute atomic E-state index is 5.76. The summed E-state index contributed by atoms with van der Waals surface area (Å²) in [7, 11) is 0. The van der Waals surface area contributed by atoms with E-state index >= 15 is 0 Å². The van der Waals surface area contributed by atoms with Gasteiger partial charge in [-0.15, -0.1) is 24.0 Å². The maximum Gasteiger partial charge on any atom is 0.0406 e. The quantitative estimate of drug-likeness (QED) is 0.629. The summed E-state index contributed by atoms with van der Waals surface area (Å²) in [6.45, 7) is 1.84. The first-order valence-corrected chi connectivity index (χ1v) is 5.25. The molecule has 80 valence electrons. The van der Waals surface area contributed by atoms with Crippen molar-refractivity contribution in [2.45, 2.75) is 6.42 Å². The summed E-state index contributed by atoms with van der Waals surface area (Å²) in [4.78, 5) is 0. The van der Waals surface area contributed by atoms with Crippen molar-refractivity contribution in [1.29, 1.82) is 0 Å². The van der Waals surface area contributed by atoms with Gasteiger partial charge >= 0.3 is 0 Å². The monoisotopic (exact) mass is 253 g/mol. The van der Waals surface area contributed by atoms with Crippen LogP contribution >= 0.6 is 35.6 Å². The smallest absolute Gasteiger partial charge is 0.0406 e. The Morgan fingerprint density at radius 1 is 1.07 bits per heavy atom. The molecule has 14 heavy (non-hydrogen) atoms. The summed E-state index contributed by atoms with van der Waals surface area (Å²) < 4.78 is 0. The minimum atomic E-state index is 0. The lowest BCUT2D eigenvalue weighted by molar-refractivity contribution is 0.719. The van der Waals surface area contributed by atoms with Crippen LogP contribution < -0.4 is 5.32 Å². The molecule has 1 rings (SSSR count). The number of rotatable bonds is 5. The molecule has 0 radical (unpaired) electrons. The summed E-state index contributed by atoms with van der Waals surface area (Å²) in [6, 6.07) is 7.92. The van der Waals surface area contributed by atoms with Crippen LogP contribution in [-0.2, 0) is 6.42 Å². The van der Waals surface area contributed by atoms with E-state index in [1.165, 1.54) is 5.56 Å². The fourth-order valence-electron chi connectivity index (χ4n) is 1.08. The molecule has 1 aromatic carbocycles. The van der Waals surface area contributed by atoms with Gasteiger partial charge in [0.25, 0.3) is 0 Å². The van der Waals surface area contributed by atoms with E-state index in [-0.39, 0.29) is 12.4 Å². The highest BCUT2D eigenvalue weighted by Gasteiger charge is 1.92. The largest absolute Gasteiger partial charge is 0.315 e. The molecule has 0 saturated heterocycles. The van der Waals surface area contributed by atoms with Crippen molar-refractivity contribution in [2.24, 2.45) is 0 Å². The van der Waals surface area contributed by atoms with Gasteiger partial charge in [-0.25, -0.2) is 0 Å². The number of nitrogens with one attached hydrogen (secondary N) is 1. The lowest BCUT2D eigenvalue weighted by Gasteiger charge is -2.02. The van der Waals surface area contributed by atoms with Crippen molar-refractivity contribution in [3.63, 3.8) is 0 Å². The molecule has 0 aromatic heterocycles. The van der Waals surface area contributed by atoms with Crippen LogP contribution in [0.1, 0.15) is 5.56 Å². The molecule has 1 aromatic rings. The topological polar surface area (TPSA) is 12.0 Å². The Labute approximate surface area is 101 Å². The molecule has 1 nitrogen and oxygen atoms in total. The number of halogens is 3. The van der Waals surface area contributed by atoms with Gasteiger partial charge in [-0.3, -0.25) is 0 Å². The first kappa shape index (κ1) is 14.1. The second kappa shape index (κ2) is 8.37. The Kier molecular flexibility index (Phi) is 8.40. The van der Waals surface area contributed by atoms with E-state index < -0.39 is 0 Å². The Morgan fingerprint density at radius 3 is 2.29 bits per heavy atom. The molecule has 0 unspecified atom stereocenters. The van der Waals surface area contributed by atoms with Crippen LogP contribution in [0.25, 0.3) is 0 Å². The Hall–Kier alpha value is 0.0500. The molecule has 1 N–H and O–H groups in total. The van der Waals surface area contributed by atoms with Gasteiger partial charge in [0.2, 0.25) is 0 Å². The molecule has 4 heteroatoms. The third kappa shape index (κ3) is 5.71. The van der Waals surface area contributed by atoms with Crippen molar-refractivity contribution >= 4 is 35.6 Å². The predicted molar refractivity (Wildman–Crippen MR) is 66.0 cm³/mol. The van der Waals surface area contributed by atoms with Crippen molar-refractivity contribution in [3.05, 3.63) is 34.9 Å². The minimum absolute atomic E-state index is 0. The lowest BCUT2D eigenvalue weighted by Crippen LogP contribution is -2.19. The molecular formula is C10H14Cl3N. The van der Waals surface area contributed by atoms with Gasteiger partial charge in [0.05, 0.1) is 0 Å². The number of hydrogen-bond acceptors (Lipinski definition) is 1. The molecular weight excluding hydrogens is 240 g/mol. The molecule has 0 bridgehead atoms. The molecule has 0 aliphatic rings. The van der Waals surface area contributed by atoms with E-state index in [2.05, 4.69) is 5.32 Å². The normalized spacial score (nSPS) is 9.57. The van der Waals surface area contributed by atoms with Crippen LogP contribution in [-0.4, -0.2) is 19.0 Å². The molecule has 0 spiro atoms. The van der Waals surface area contributed by atoms with Gasteiger partial charge in [0.15, 0.2) is 0 Å². The standard InChI is InChI=1S/C10H13Cl2N.ClH/c11-6-8-13-7-5-9-1-3-10(12)4-2-9;/h1-4,13H,5-8H2;1H. The number of benzene rings is 1. The first-order valence-electron chi connectivity index (χ1n) is 4.34. The summed E-state index contributed by atoms with van der Waals surface area (Å²) in [6.07, 6.45) is 1.02. The van der Waals surface area contributed by atoms with E-state index in [0.29, 0.717) is 5.88 Å². The Bertz CT molecular complexity index is 236. The Morgan fingerprint density at radius 2 is 1.71 bits per heavy atom. The van der Waals surface area contributed by atoms with Crippen molar-refractivity contribution in [3.8, 4) is 0 Å². The van der Waals surface area contributed by atoms with Crippen LogP contribution in [0.2, 0.25) is 5.02 Å². The molecule has 0 atom stereocenters. The average molecular weight is 255 g/mol. The van der Waals surface area contributed by atoms with Crippen molar-refractivity contribution in [2.75, 3.05) is 19.0 Å². The van der Waals surface area contributed by atoms with Crippen LogP contribution in [0, 0.1) is 0 Å². The summed E-state index contributed by atoms with van der Waals surface area (Å²) in [5, 5.41) is 4.02. The van der Waals surface area contributed by atoms with Crippen molar-refractivity contribution in [1.82, 2.24) is 5.32 Å². The fourth-order valence-corrected chi connectivity index (χ4v) is 1.34. The lowest BCUT2D eigenvalue weighted by atomic mass is 10.1. The Balaban J connectivity index is 0.00000169. The highest BCUT2D eigenvalue weighted by Crippen LogP contribution is 2.09. The zero-order chi connectivity index (χ0) is 9.52. The maximum atomic E-state index is 5.76. The minimum Gasteiger partial charge on any atom is -0.315 e. The SMILES string of the molecule is Cl.ClCCNCCc1ccc(Cl)cc1. The second-order valence-corrected chi connectivity index (χ2v) is 3.63. The van der Waals surface area contributed by atoms with Gasteiger partial charge in [0.1, 0.15) is 0 Å². The molecule has 0 amide bonds. The van der Waals surface area contributed by atoms with Gasteiger partial charge in [-0.2, -0.15) is 0 Å². The fraction of sp³-hybridized carbons (Fsp3) is 0.400. The summed E-state index contributed by atoms with van der Waals surface area (Å²) >= 11 is 11.3. The van der Waals surface area contributed by atoms with Crippen LogP contribution in [0.3, 0.4) is 0 Å². The summed E-state index contributed by atoms with van der Waals surface area (Å²) in [5.74, 6) is 0.667. The summed E-state index contributed by atoms with van der Waals surface area (Å²) in [5.41, 5.74) is 1.30. The molecule has 0 saturated carbocycles. The molecule has 0 heterocycles. The first-order chi connectivity index (χ1) is 6.33. The second-order valence-electron chi connectivity index (χ2n) is 2.82. The van der Waals surface area contributed by atoms with E-state index in [1.807, 2.05) is 24.3 Å². The van der Waals surface area contributed by atoms with Crippen LogP contribution in [0.15, 0.2) is 24.3 Å². The van der Waals surface area contributed by atoms with E-state index in [4.69, 9.17) is 23.2 Å². The third-order valence-corrected chi connectivity index (χ3v) is 2.22. The van der Waals surface area contributed by atoms with Gasteiger partial charge in [-0.05, 0) is 30.7 Å². The predicted octanol–water partition coefficient (Wildman–Crippen LogP) is 3.13. The van der Waals surface area contributed by atoms with Gasteiger partial charge < -0.3 is 5.32 Å². The molecule has 0 aliphatic carbocycles. The zero-order valence-corrected chi connectivity index (χ0v) is 10.1. The van der Waals surface area contributed by atoms with Gasteiger partial charge in [-0.1, -0.05) is 23.7 Å². The highest BCUT2D eigenvalue weighted by atomic mass is 35.5. The zero-order valence-electron chi connectivity index (χ0n) is 7.80. The average Bonchev–Trinajstić information content (AvgIpc) is 2.15. The van der Waals surface area contributed by atoms with E-state index in [9.17, 15) is 0 Å². The van der Waals surface area contributed by atoms with Crippen LogP contribution in [0.4, 0.5) is 0 Å². The van der Waals surface area contributed by atoms with E-state index in [0.717, 1.165) is 24.5 Å². The van der Waals surface area contributed by atoms with Crippen LogP contribution in [0.5, 0.6) is 0 Å². The number of alkyl halides is 1. The van der Waals surface area contributed by atoms with Crippen molar-refractivity contribution < 1.29 is 0 Å². The molecule has 0 aliphatic heterocycles. The highest BCUT2D eigenvalue weighted by molar-refractivity contribution is 6.30. The van der Waals surface area contributed by atoms with E-state index in [1.54, 1.807) is 0 Å².